The van der Waals surface area contributed by atoms with E-state index in [1.165, 1.54) is 0 Å². The van der Waals surface area contributed by atoms with Crippen LogP contribution in [0.25, 0.3) is 0 Å². The number of ketones is 1. The van der Waals surface area contributed by atoms with Crippen molar-refractivity contribution >= 4 is 56.5 Å². The Kier molecular flexibility index (Phi) is 4.91. The third kappa shape index (κ3) is 3.51. The standard InChI is InChI=1S/C14H8BrCl3O/c15-13(11-6-5-10(17)7-12(11)18)14(19)8-1-3-9(16)4-2-8/h1-7,13H. The minimum atomic E-state index is -0.515. The molecule has 0 bridgehead atoms. The van der Waals surface area contributed by atoms with E-state index in [0.29, 0.717) is 26.2 Å². The normalized spacial score (nSPS) is 12.2. The molecule has 0 radical (unpaired) electrons. The van der Waals surface area contributed by atoms with E-state index in [1.807, 2.05) is 0 Å². The summed E-state index contributed by atoms with van der Waals surface area (Å²) in [4.78, 5) is 11.8. The zero-order valence-corrected chi connectivity index (χ0v) is 13.4. The SMILES string of the molecule is O=C(c1ccc(Cl)cc1)C(Br)c1ccc(Cl)cc1Cl. The van der Waals surface area contributed by atoms with Crippen molar-refractivity contribution in [3.63, 3.8) is 0 Å². The van der Waals surface area contributed by atoms with E-state index >= 15 is 0 Å². The molecule has 0 aromatic heterocycles. The molecule has 19 heavy (non-hydrogen) atoms. The molecule has 0 N–H and O–H groups in total. The number of carbonyl (C=O) groups excluding carboxylic acids is 1. The van der Waals surface area contributed by atoms with Crippen LogP contribution in [0.3, 0.4) is 0 Å². The first-order chi connectivity index (χ1) is 8.99. The van der Waals surface area contributed by atoms with Gasteiger partial charge in [0.05, 0.1) is 0 Å². The van der Waals surface area contributed by atoms with Gasteiger partial charge in [-0.3, -0.25) is 4.79 Å². The summed E-state index contributed by atoms with van der Waals surface area (Å²) in [5, 5.41) is 1.58. The first-order valence-electron chi connectivity index (χ1n) is 5.38. The Balaban J connectivity index is 2.30. The van der Waals surface area contributed by atoms with Crippen LogP contribution in [0.15, 0.2) is 42.5 Å². The van der Waals surface area contributed by atoms with Crippen molar-refractivity contribution in [3.05, 3.63) is 68.7 Å². The lowest BCUT2D eigenvalue weighted by atomic mass is 10.0. The molecule has 0 heterocycles. The first kappa shape index (κ1) is 14.9. The second-order valence-electron chi connectivity index (χ2n) is 3.90. The molecule has 0 aliphatic rings. The van der Waals surface area contributed by atoms with Gasteiger partial charge in [0.25, 0.3) is 0 Å². The van der Waals surface area contributed by atoms with Crippen LogP contribution in [0.2, 0.25) is 15.1 Å². The predicted molar refractivity (Wildman–Crippen MR) is 83.9 cm³/mol. The maximum absolute atomic E-state index is 12.3. The first-order valence-corrected chi connectivity index (χ1v) is 7.43. The minimum absolute atomic E-state index is 0.0825. The Morgan fingerprint density at radius 3 is 2.11 bits per heavy atom. The second kappa shape index (κ2) is 6.27. The van der Waals surface area contributed by atoms with Crippen LogP contribution in [-0.2, 0) is 0 Å². The molecule has 0 spiro atoms. The average molecular weight is 378 g/mol. The molecule has 5 heteroatoms. The molecule has 0 aliphatic carbocycles. The molecule has 0 saturated heterocycles. The fraction of sp³-hybridized carbons (Fsp3) is 0.0714. The summed E-state index contributed by atoms with van der Waals surface area (Å²) in [5.74, 6) is -0.0825. The van der Waals surface area contributed by atoms with Crippen LogP contribution >= 0.6 is 50.7 Å². The third-order valence-electron chi connectivity index (χ3n) is 2.59. The second-order valence-corrected chi connectivity index (χ2v) is 6.10. The number of rotatable bonds is 3. The van der Waals surface area contributed by atoms with Crippen molar-refractivity contribution in [2.75, 3.05) is 0 Å². The van der Waals surface area contributed by atoms with E-state index in [-0.39, 0.29) is 5.78 Å². The van der Waals surface area contributed by atoms with E-state index in [0.717, 1.165) is 0 Å². The van der Waals surface area contributed by atoms with Gasteiger partial charge in [0.1, 0.15) is 4.83 Å². The van der Waals surface area contributed by atoms with E-state index in [4.69, 9.17) is 34.8 Å². The van der Waals surface area contributed by atoms with E-state index in [2.05, 4.69) is 15.9 Å². The average Bonchev–Trinajstić information content (AvgIpc) is 2.38. The van der Waals surface area contributed by atoms with Crippen molar-refractivity contribution in [2.24, 2.45) is 0 Å². The minimum Gasteiger partial charge on any atom is -0.293 e. The fourth-order valence-electron chi connectivity index (χ4n) is 1.61. The molecule has 0 amide bonds. The Hall–Kier alpha value is -0.540. The molecule has 0 fully saturated rings. The van der Waals surface area contributed by atoms with Gasteiger partial charge in [-0.05, 0) is 42.0 Å². The van der Waals surface area contributed by atoms with Crippen molar-refractivity contribution in [3.8, 4) is 0 Å². The highest BCUT2D eigenvalue weighted by molar-refractivity contribution is 9.09. The Morgan fingerprint density at radius 2 is 1.53 bits per heavy atom. The van der Waals surface area contributed by atoms with Crippen LogP contribution in [0, 0.1) is 0 Å². The summed E-state index contributed by atoms with van der Waals surface area (Å²) in [6.07, 6.45) is 0. The third-order valence-corrected chi connectivity index (χ3v) is 4.32. The molecule has 98 valence electrons. The lowest BCUT2D eigenvalue weighted by Gasteiger charge is -2.11. The molecule has 1 unspecified atom stereocenters. The Bertz CT molecular complexity index is 611. The van der Waals surface area contributed by atoms with Gasteiger partial charge < -0.3 is 0 Å². The molecule has 2 aromatic carbocycles. The number of hydrogen-bond donors (Lipinski definition) is 0. The molecular weight excluding hydrogens is 370 g/mol. The van der Waals surface area contributed by atoms with Gasteiger partial charge >= 0.3 is 0 Å². The lowest BCUT2D eigenvalue weighted by molar-refractivity contribution is 0.0991. The van der Waals surface area contributed by atoms with E-state index in [9.17, 15) is 4.79 Å². The van der Waals surface area contributed by atoms with Gasteiger partial charge in [0.2, 0.25) is 0 Å². The number of carbonyl (C=O) groups is 1. The number of alkyl halides is 1. The van der Waals surface area contributed by atoms with Gasteiger partial charge in [-0.25, -0.2) is 0 Å². The number of halogens is 4. The Morgan fingerprint density at radius 1 is 0.947 bits per heavy atom. The largest absolute Gasteiger partial charge is 0.293 e. The number of benzene rings is 2. The molecule has 1 nitrogen and oxygen atoms in total. The summed E-state index contributed by atoms with van der Waals surface area (Å²) in [6.45, 7) is 0. The van der Waals surface area contributed by atoms with Crippen LogP contribution in [0.5, 0.6) is 0 Å². The highest BCUT2D eigenvalue weighted by Gasteiger charge is 2.21. The molecule has 2 rings (SSSR count). The summed E-state index contributed by atoms with van der Waals surface area (Å²) >= 11 is 21.1. The molecule has 1 atom stereocenters. The number of hydrogen-bond acceptors (Lipinski definition) is 1. The Labute approximate surface area is 134 Å². The summed E-state index contributed by atoms with van der Waals surface area (Å²) in [5.41, 5.74) is 1.25. The van der Waals surface area contributed by atoms with E-state index < -0.39 is 4.83 Å². The van der Waals surface area contributed by atoms with Gasteiger partial charge in [-0.15, -0.1) is 0 Å². The van der Waals surface area contributed by atoms with Crippen LogP contribution in [-0.4, -0.2) is 5.78 Å². The summed E-state index contributed by atoms with van der Waals surface area (Å²) < 4.78 is 0. The fourth-order valence-corrected chi connectivity index (χ4v) is 3.05. The maximum atomic E-state index is 12.3. The summed E-state index contributed by atoms with van der Waals surface area (Å²) in [6, 6.07) is 11.8. The predicted octanol–water partition coefficient (Wildman–Crippen LogP) is 5.97. The van der Waals surface area contributed by atoms with Crippen molar-refractivity contribution in [1.29, 1.82) is 0 Å². The molecule has 0 saturated carbocycles. The zero-order chi connectivity index (χ0) is 14.0. The van der Waals surface area contributed by atoms with Crippen LogP contribution < -0.4 is 0 Å². The van der Waals surface area contributed by atoms with Crippen molar-refractivity contribution < 1.29 is 4.79 Å². The van der Waals surface area contributed by atoms with E-state index in [1.54, 1.807) is 42.5 Å². The highest BCUT2D eigenvalue weighted by Crippen LogP contribution is 2.34. The molecule has 2 aromatic rings. The molecular formula is C14H8BrCl3O. The van der Waals surface area contributed by atoms with Crippen LogP contribution in [0.4, 0.5) is 0 Å². The molecule has 0 aliphatic heterocycles. The topological polar surface area (TPSA) is 17.1 Å². The smallest absolute Gasteiger partial charge is 0.180 e. The summed E-state index contributed by atoms with van der Waals surface area (Å²) in [7, 11) is 0. The van der Waals surface area contributed by atoms with Gasteiger partial charge in [-0.2, -0.15) is 0 Å². The van der Waals surface area contributed by atoms with Gasteiger partial charge in [0, 0.05) is 20.6 Å². The van der Waals surface area contributed by atoms with Gasteiger partial charge in [0.15, 0.2) is 5.78 Å². The highest BCUT2D eigenvalue weighted by atomic mass is 79.9. The zero-order valence-electron chi connectivity index (χ0n) is 9.54. The van der Waals surface area contributed by atoms with Crippen molar-refractivity contribution in [1.82, 2.24) is 0 Å². The van der Waals surface area contributed by atoms with Crippen molar-refractivity contribution in [2.45, 2.75) is 4.83 Å². The van der Waals surface area contributed by atoms with Crippen LogP contribution in [0.1, 0.15) is 20.7 Å². The quantitative estimate of drug-likeness (QED) is 0.475. The number of Topliss-reactive ketones (excluding diaryl/α,β-unsaturated/α-hetero) is 1. The maximum Gasteiger partial charge on any atom is 0.180 e. The monoisotopic (exact) mass is 376 g/mol. The van der Waals surface area contributed by atoms with Gasteiger partial charge in [-0.1, -0.05) is 56.8 Å². The lowest BCUT2D eigenvalue weighted by Crippen LogP contribution is -2.07.